The molecule has 0 bridgehead atoms. The summed E-state index contributed by atoms with van der Waals surface area (Å²) in [6.07, 6.45) is 2.48. The first-order chi connectivity index (χ1) is 11.2. The molecule has 0 saturated heterocycles. The minimum absolute atomic E-state index is 0.207. The van der Waals surface area contributed by atoms with Gasteiger partial charge < -0.3 is 5.32 Å². The molecule has 6 heteroatoms. The Morgan fingerprint density at radius 3 is 2.87 bits per heavy atom. The summed E-state index contributed by atoms with van der Waals surface area (Å²) < 4.78 is 1.31. The van der Waals surface area contributed by atoms with Gasteiger partial charge in [0.2, 0.25) is 0 Å². The Kier molecular flexibility index (Phi) is 4.14. The molecule has 116 valence electrons. The van der Waals surface area contributed by atoms with Crippen LogP contribution in [0.5, 0.6) is 0 Å². The first-order valence-corrected chi connectivity index (χ1v) is 7.42. The van der Waals surface area contributed by atoms with Gasteiger partial charge in [-0.05, 0) is 36.8 Å². The van der Waals surface area contributed by atoms with E-state index in [9.17, 15) is 9.59 Å². The number of aryl methyl sites for hydroxylation is 1. The van der Waals surface area contributed by atoms with Crippen LogP contribution in [0.15, 0.2) is 53.5 Å². The number of amides is 1. The summed E-state index contributed by atoms with van der Waals surface area (Å²) in [5.74, 6) is -0.355. The number of hydrogen-bond acceptors (Lipinski definition) is 4. The van der Waals surface area contributed by atoms with Crippen molar-refractivity contribution >= 4 is 22.5 Å². The Morgan fingerprint density at radius 2 is 2.04 bits per heavy atom. The number of rotatable bonds is 4. The van der Waals surface area contributed by atoms with E-state index in [1.165, 1.54) is 16.8 Å². The molecule has 1 aromatic carbocycles. The summed E-state index contributed by atoms with van der Waals surface area (Å²) >= 11 is 0. The van der Waals surface area contributed by atoms with Crippen LogP contribution in [0, 0.1) is 0 Å². The zero-order chi connectivity index (χ0) is 16.2. The number of anilines is 1. The summed E-state index contributed by atoms with van der Waals surface area (Å²) in [6, 6.07) is 12.0. The predicted octanol–water partition coefficient (Wildman–Crippen LogP) is 2.45. The Morgan fingerprint density at radius 1 is 1.17 bits per heavy atom. The van der Waals surface area contributed by atoms with Gasteiger partial charge in [-0.1, -0.05) is 13.0 Å². The molecule has 0 spiro atoms. The quantitative estimate of drug-likeness (QED) is 0.803. The third-order valence-electron chi connectivity index (χ3n) is 3.43. The van der Waals surface area contributed by atoms with Crippen molar-refractivity contribution in [3.8, 4) is 0 Å². The van der Waals surface area contributed by atoms with Crippen LogP contribution >= 0.6 is 0 Å². The molecule has 0 aliphatic carbocycles. The zero-order valence-electron chi connectivity index (χ0n) is 12.7. The van der Waals surface area contributed by atoms with E-state index in [0.29, 0.717) is 12.2 Å². The number of carbonyl (C=O) groups is 1. The lowest BCUT2D eigenvalue weighted by atomic mass is 10.2. The van der Waals surface area contributed by atoms with Crippen molar-refractivity contribution in [1.82, 2.24) is 14.8 Å². The summed E-state index contributed by atoms with van der Waals surface area (Å²) in [6.45, 7) is 2.43. The van der Waals surface area contributed by atoms with E-state index in [1.54, 1.807) is 6.20 Å². The molecule has 3 rings (SSSR count). The van der Waals surface area contributed by atoms with E-state index in [4.69, 9.17) is 0 Å². The standard InChI is InChI=1S/C17H16N4O2/c1-2-11-21-16(22)9-8-15(20-21)17(23)19-14-7-3-6-13-12(14)5-4-10-18-13/h3-10H,2,11H2,1H3,(H,19,23). The first kappa shape index (κ1) is 14.9. The third kappa shape index (κ3) is 3.11. The van der Waals surface area contributed by atoms with Crippen molar-refractivity contribution in [3.63, 3.8) is 0 Å². The fourth-order valence-electron chi connectivity index (χ4n) is 2.34. The van der Waals surface area contributed by atoms with Crippen molar-refractivity contribution in [3.05, 3.63) is 64.7 Å². The maximum Gasteiger partial charge on any atom is 0.276 e. The minimum atomic E-state index is -0.355. The van der Waals surface area contributed by atoms with Gasteiger partial charge in [-0.25, -0.2) is 4.68 Å². The number of carbonyl (C=O) groups excluding carboxylic acids is 1. The molecule has 0 unspecified atom stereocenters. The maximum atomic E-state index is 12.4. The molecule has 0 fully saturated rings. The smallest absolute Gasteiger partial charge is 0.276 e. The second-order valence-corrected chi connectivity index (χ2v) is 5.11. The lowest BCUT2D eigenvalue weighted by molar-refractivity contribution is 0.102. The lowest BCUT2D eigenvalue weighted by Gasteiger charge is -2.09. The highest BCUT2D eigenvalue weighted by molar-refractivity contribution is 6.07. The Hall–Kier alpha value is -3.02. The number of pyridine rings is 1. The first-order valence-electron chi connectivity index (χ1n) is 7.42. The van der Waals surface area contributed by atoms with Gasteiger partial charge in [-0.3, -0.25) is 14.6 Å². The van der Waals surface area contributed by atoms with Gasteiger partial charge in [0.1, 0.15) is 5.69 Å². The van der Waals surface area contributed by atoms with E-state index in [2.05, 4.69) is 15.4 Å². The van der Waals surface area contributed by atoms with E-state index in [-0.39, 0.29) is 17.2 Å². The van der Waals surface area contributed by atoms with Crippen LogP contribution in [-0.4, -0.2) is 20.7 Å². The molecule has 0 aliphatic rings. The molecule has 3 aromatic rings. The Labute approximate surface area is 132 Å². The summed E-state index contributed by atoms with van der Waals surface area (Å²) in [7, 11) is 0. The average Bonchev–Trinajstić information content (AvgIpc) is 2.57. The molecule has 1 N–H and O–H groups in total. The monoisotopic (exact) mass is 308 g/mol. The van der Waals surface area contributed by atoms with Crippen LogP contribution < -0.4 is 10.9 Å². The van der Waals surface area contributed by atoms with E-state index < -0.39 is 0 Å². The van der Waals surface area contributed by atoms with Crippen molar-refractivity contribution in [2.45, 2.75) is 19.9 Å². The van der Waals surface area contributed by atoms with Gasteiger partial charge in [-0.2, -0.15) is 5.10 Å². The van der Waals surface area contributed by atoms with Gasteiger partial charge in [-0.15, -0.1) is 0 Å². The highest BCUT2D eigenvalue weighted by Crippen LogP contribution is 2.21. The molecular formula is C17H16N4O2. The molecule has 0 saturated carbocycles. The van der Waals surface area contributed by atoms with Crippen LogP contribution in [0.4, 0.5) is 5.69 Å². The second-order valence-electron chi connectivity index (χ2n) is 5.11. The normalized spacial score (nSPS) is 10.7. The third-order valence-corrected chi connectivity index (χ3v) is 3.43. The van der Waals surface area contributed by atoms with E-state index in [1.807, 2.05) is 37.3 Å². The fourth-order valence-corrected chi connectivity index (χ4v) is 2.34. The van der Waals surface area contributed by atoms with Gasteiger partial charge in [0, 0.05) is 24.2 Å². The fraction of sp³-hybridized carbons (Fsp3) is 0.176. The van der Waals surface area contributed by atoms with Gasteiger partial charge >= 0.3 is 0 Å². The van der Waals surface area contributed by atoms with Crippen LogP contribution in [-0.2, 0) is 6.54 Å². The topological polar surface area (TPSA) is 76.9 Å². The number of fused-ring (bicyclic) bond motifs is 1. The minimum Gasteiger partial charge on any atom is -0.320 e. The van der Waals surface area contributed by atoms with E-state index >= 15 is 0 Å². The molecule has 2 heterocycles. The summed E-state index contributed by atoms with van der Waals surface area (Å²) in [5.41, 5.74) is 1.46. The second kappa shape index (κ2) is 6.39. The van der Waals surface area contributed by atoms with Gasteiger partial charge in [0.05, 0.1) is 11.2 Å². The highest BCUT2D eigenvalue weighted by Gasteiger charge is 2.11. The number of aromatic nitrogens is 3. The number of benzene rings is 1. The maximum absolute atomic E-state index is 12.4. The molecular weight excluding hydrogens is 292 g/mol. The van der Waals surface area contributed by atoms with Crippen LogP contribution in [0.25, 0.3) is 10.9 Å². The van der Waals surface area contributed by atoms with Crippen molar-refractivity contribution in [2.24, 2.45) is 0 Å². The molecule has 0 aliphatic heterocycles. The van der Waals surface area contributed by atoms with Gasteiger partial charge in [0.15, 0.2) is 0 Å². The number of nitrogens with one attached hydrogen (secondary N) is 1. The van der Waals surface area contributed by atoms with E-state index in [0.717, 1.165) is 17.3 Å². The largest absolute Gasteiger partial charge is 0.320 e. The Balaban J connectivity index is 1.92. The average molecular weight is 308 g/mol. The predicted molar refractivity (Wildman–Crippen MR) is 88.5 cm³/mol. The number of nitrogens with zero attached hydrogens (tertiary/aromatic N) is 3. The van der Waals surface area contributed by atoms with Crippen molar-refractivity contribution in [1.29, 1.82) is 0 Å². The molecule has 0 atom stereocenters. The van der Waals surface area contributed by atoms with Crippen molar-refractivity contribution < 1.29 is 4.79 Å². The lowest BCUT2D eigenvalue weighted by Crippen LogP contribution is -2.26. The molecule has 0 radical (unpaired) electrons. The van der Waals surface area contributed by atoms with Crippen molar-refractivity contribution in [2.75, 3.05) is 5.32 Å². The van der Waals surface area contributed by atoms with Crippen LogP contribution in [0.2, 0.25) is 0 Å². The number of hydrogen-bond donors (Lipinski definition) is 1. The zero-order valence-corrected chi connectivity index (χ0v) is 12.7. The SMILES string of the molecule is CCCn1nc(C(=O)Nc2cccc3ncccc23)ccc1=O. The van der Waals surface area contributed by atoms with Crippen LogP contribution in [0.3, 0.4) is 0 Å². The van der Waals surface area contributed by atoms with Gasteiger partial charge in [0.25, 0.3) is 11.5 Å². The molecule has 1 amide bonds. The molecule has 2 aromatic heterocycles. The highest BCUT2D eigenvalue weighted by atomic mass is 16.2. The van der Waals surface area contributed by atoms with Crippen LogP contribution in [0.1, 0.15) is 23.8 Å². The Bertz CT molecular complexity index is 912. The summed E-state index contributed by atoms with van der Waals surface area (Å²) in [5, 5.41) is 7.80. The summed E-state index contributed by atoms with van der Waals surface area (Å²) in [4.78, 5) is 28.4. The molecule has 23 heavy (non-hydrogen) atoms. The molecule has 6 nitrogen and oxygen atoms in total.